The van der Waals surface area contributed by atoms with Crippen molar-refractivity contribution >= 4 is 5.91 Å². The van der Waals surface area contributed by atoms with Crippen LogP contribution in [0.3, 0.4) is 0 Å². The van der Waals surface area contributed by atoms with Crippen molar-refractivity contribution in [1.82, 2.24) is 15.2 Å². The summed E-state index contributed by atoms with van der Waals surface area (Å²) in [4.78, 5) is 16.0. The van der Waals surface area contributed by atoms with Crippen molar-refractivity contribution in [2.45, 2.75) is 39.3 Å². The minimum Gasteiger partial charge on any atom is -0.296 e. The Hall–Kier alpha value is -0.650. The number of nitrogens with one attached hydrogen (secondary N) is 1. The second-order valence-corrected chi connectivity index (χ2v) is 5.38. The number of amides is 1. The maximum Gasteiger partial charge on any atom is 0.250 e. The topological polar surface area (TPSA) is 61.6 Å². The zero-order valence-electron chi connectivity index (χ0n) is 10.8. The van der Waals surface area contributed by atoms with Crippen LogP contribution in [0.2, 0.25) is 0 Å². The van der Waals surface area contributed by atoms with E-state index in [4.69, 9.17) is 5.84 Å². The summed E-state index contributed by atoms with van der Waals surface area (Å²) in [5.41, 5.74) is 2.42. The van der Waals surface area contributed by atoms with Crippen LogP contribution < -0.4 is 11.3 Å². The Balaban J connectivity index is 2.46. The molecule has 0 aromatic heterocycles. The zero-order valence-corrected chi connectivity index (χ0v) is 10.8. The zero-order chi connectivity index (χ0) is 12.3. The van der Waals surface area contributed by atoms with Gasteiger partial charge in [-0.05, 0) is 27.7 Å². The fourth-order valence-corrected chi connectivity index (χ4v) is 2.07. The van der Waals surface area contributed by atoms with E-state index >= 15 is 0 Å². The van der Waals surface area contributed by atoms with Crippen molar-refractivity contribution in [1.29, 1.82) is 0 Å². The molecule has 0 saturated carbocycles. The van der Waals surface area contributed by atoms with Crippen LogP contribution in [0, 0.1) is 0 Å². The number of carbonyl (C=O) groups excluding carboxylic acids is 1. The van der Waals surface area contributed by atoms with Crippen LogP contribution in [0.15, 0.2) is 0 Å². The molecule has 3 N–H and O–H groups in total. The number of hydrogen-bond donors (Lipinski definition) is 2. The quantitative estimate of drug-likeness (QED) is 0.390. The second-order valence-electron chi connectivity index (χ2n) is 5.38. The van der Waals surface area contributed by atoms with Crippen LogP contribution >= 0.6 is 0 Å². The van der Waals surface area contributed by atoms with Crippen molar-refractivity contribution < 1.29 is 4.79 Å². The van der Waals surface area contributed by atoms with Gasteiger partial charge in [-0.3, -0.25) is 20.0 Å². The first kappa shape index (κ1) is 13.4. The Morgan fingerprint density at radius 2 is 1.75 bits per heavy atom. The van der Waals surface area contributed by atoms with Crippen molar-refractivity contribution in [2.24, 2.45) is 5.84 Å². The molecule has 5 heteroatoms. The third-order valence-corrected chi connectivity index (χ3v) is 3.33. The van der Waals surface area contributed by atoms with Gasteiger partial charge in [-0.2, -0.15) is 0 Å². The van der Waals surface area contributed by atoms with E-state index in [9.17, 15) is 4.79 Å². The summed E-state index contributed by atoms with van der Waals surface area (Å²) >= 11 is 0. The van der Waals surface area contributed by atoms with Crippen LogP contribution in [0.1, 0.15) is 27.7 Å². The van der Waals surface area contributed by atoms with Gasteiger partial charge in [0.05, 0.1) is 6.04 Å². The summed E-state index contributed by atoms with van der Waals surface area (Å²) in [6.07, 6.45) is 0. The monoisotopic (exact) mass is 228 g/mol. The van der Waals surface area contributed by atoms with Crippen LogP contribution in [0.4, 0.5) is 0 Å². The summed E-state index contributed by atoms with van der Waals surface area (Å²) < 4.78 is 0. The molecule has 1 atom stereocenters. The molecule has 1 amide bonds. The van der Waals surface area contributed by atoms with Gasteiger partial charge in [0.25, 0.3) is 5.91 Å². The number of rotatable bonds is 2. The summed E-state index contributed by atoms with van der Waals surface area (Å²) in [6, 6.07) is -0.132. The highest BCUT2D eigenvalue weighted by Crippen LogP contribution is 2.16. The lowest BCUT2D eigenvalue weighted by molar-refractivity contribution is -0.126. The van der Waals surface area contributed by atoms with Gasteiger partial charge in [0, 0.05) is 31.7 Å². The van der Waals surface area contributed by atoms with E-state index < -0.39 is 0 Å². The van der Waals surface area contributed by atoms with Gasteiger partial charge in [0.15, 0.2) is 0 Å². The molecule has 5 nitrogen and oxygen atoms in total. The van der Waals surface area contributed by atoms with Gasteiger partial charge in [-0.1, -0.05) is 0 Å². The minimum atomic E-state index is -0.132. The SMILES string of the molecule is CC(C(=O)NN)N1CCN(C(C)(C)C)CC1. The molecule has 0 radical (unpaired) electrons. The smallest absolute Gasteiger partial charge is 0.250 e. The molecule has 1 unspecified atom stereocenters. The van der Waals surface area contributed by atoms with Crippen molar-refractivity contribution in [2.75, 3.05) is 26.2 Å². The van der Waals surface area contributed by atoms with Gasteiger partial charge in [0.1, 0.15) is 0 Å². The molecular weight excluding hydrogens is 204 g/mol. The summed E-state index contributed by atoms with van der Waals surface area (Å²) in [5.74, 6) is 5.03. The molecule has 1 aliphatic heterocycles. The average Bonchev–Trinajstić information content (AvgIpc) is 2.26. The lowest BCUT2D eigenvalue weighted by atomic mass is 10.0. The first-order chi connectivity index (χ1) is 7.36. The number of hydrogen-bond acceptors (Lipinski definition) is 4. The Morgan fingerprint density at radius 3 is 2.12 bits per heavy atom. The predicted molar refractivity (Wildman–Crippen MR) is 64.7 cm³/mol. The molecule has 1 heterocycles. The molecule has 1 fully saturated rings. The lowest BCUT2D eigenvalue weighted by Gasteiger charge is -2.43. The number of nitrogens with two attached hydrogens (primary N) is 1. The molecular formula is C11H24N4O. The van der Waals surface area contributed by atoms with E-state index in [1.165, 1.54) is 0 Å². The van der Waals surface area contributed by atoms with Gasteiger partial charge >= 0.3 is 0 Å². The third-order valence-electron chi connectivity index (χ3n) is 3.33. The molecule has 0 spiro atoms. The van der Waals surface area contributed by atoms with E-state index in [0.29, 0.717) is 0 Å². The van der Waals surface area contributed by atoms with Crippen molar-refractivity contribution in [3.05, 3.63) is 0 Å². The highest BCUT2D eigenvalue weighted by Gasteiger charge is 2.29. The van der Waals surface area contributed by atoms with Crippen molar-refractivity contribution in [3.63, 3.8) is 0 Å². The molecule has 1 saturated heterocycles. The Labute approximate surface area is 97.9 Å². The number of hydrazine groups is 1. The molecule has 0 aromatic rings. The minimum absolute atomic E-state index is 0.107. The van der Waals surface area contributed by atoms with Gasteiger partial charge in [-0.25, -0.2) is 5.84 Å². The molecule has 1 rings (SSSR count). The summed E-state index contributed by atoms with van der Waals surface area (Å²) in [6.45, 7) is 12.4. The normalized spacial score (nSPS) is 21.8. The molecule has 0 bridgehead atoms. The van der Waals surface area contributed by atoms with E-state index in [-0.39, 0.29) is 17.5 Å². The fourth-order valence-electron chi connectivity index (χ4n) is 2.07. The molecule has 16 heavy (non-hydrogen) atoms. The fraction of sp³-hybridized carbons (Fsp3) is 0.909. The maximum absolute atomic E-state index is 11.4. The number of piperazine rings is 1. The van der Waals surface area contributed by atoms with Crippen LogP contribution in [0.5, 0.6) is 0 Å². The molecule has 0 aromatic carbocycles. The Bertz CT molecular complexity index is 241. The third kappa shape index (κ3) is 3.17. The molecule has 94 valence electrons. The standard InChI is InChI=1S/C11H24N4O/c1-9(10(16)13-12)14-5-7-15(8-6-14)11(2,3)4/h9H,5-8,12H2,1-4H3,(H,13,16). The van der Waals surface area contributed by atoms with Gasteiger partial charge in [-0.15, -0.1) is 0 Å². The van der Waals surface area contributed by atoms with E-state index in [0.717, 1.165) is 26.2 Å². The molecule has 0 aliphatic carbocycles. The Kier molecular flexibility index (Phi) is 4.29. The molecule has 1 aliphatic rings. The lowest BCUT2D eigenvalue weighted by Crippen LogP contribution is -2.58. The Morgan fingerprint density at radius 1 is 1.25 bits per heavy atom. The number of carbonyl (C=O) groups is 1. The van der Waals surface area contributed by atoms with Gasteiger partial charge < -0.3 is 0 Å². The van der Waals surface area contributed by atoms with E-state index in [2.05, 4.69) is 36.0 Å². The van der Waals surface area contributed by atoms with E-state index in [1.807, 2.05) is 6.92 Å². The second kappa shape index (κ2) is 5.12. The summed E-state index contributed by atoms with van der Waals surface area (Å²) in [5, 5.41) is 0. The van der Waals surface area contributed by atoms with Gasteiger partial charge in [0.2, 0.25) is 0 Å². The predicted octanol–water partition coefficient (Wildman–Crippen LogP) is -0.219. The summed E-state index contributed by atoms with van der Waals surface area (Å²) in [7, 11) is 0. The average molecular weight is 228 g/mol. The number of nitrogens with zero attached hydrogens (tertiary/aromatic N) is 2. The first-order valence-corrected chi connectivity index (χ1v) is 5.86. The maximum atomic E-state index is 11.4. The highest BCUT2D eigenvalue weighted by atomic mass is 16.2. The van der Waals surface area contributed by atoms with E-state index in [1.54, 1.807) is 0 Å². The van der Waals surface area contributed by atoms with Crippen LogP contribution in [0.25, 0.3) is 0 Å². The van der Waals surface area contributed by atoms with Crippen LogP contribution in [-0.2, 0) is 4.79 Å². The highest BCUT2D eigenvalue weighted by molar-refractivity contribution is 5.80. The first-order valence-electron chi connectivity index (χ1n) is 5.86. The largest absolute Gasteiger partial charge is 0.296 e. The van der Waals surface area contributed by atoms with Crippen molar-refractivity contribution in [3.8, 4) is 0 Å². The van der Waals surface area contributed by atoms with Crippen LogP contribution in [-0.4, -0.2) is 53.5 Å².